The number of ether oxygens (including phenoxy) is 1. The Labute approximate surface area is 158 Å². The molecule has 1 saturated carbocycles. The molecule has 0 atom stereocenters. The number of aromatic nitrogens is 3. The first-order valence-corrected chi connectivity index (χ1v) is 10.1. The summed E-state index contributed by atoms with van der Waals surface area (Å²) in [4.78, 5) is 12.3. The van der Waals surface area contributed by atoms with Crippen LogP contribution in [0.1, 0.15) is 38.5 Å². The number of benzene rings is 1. The molecule has 26 heavy (non-hydrogen) atoms. The number of amides is 1. The molecule has 7 heteroatoms. The number of methoxy groups -OCH3 is 1. The Kier molecular flexibility index (Phi) is 6.55. The van der Waals surface area contributed by atoms with Crippen LogP contribution >= 0.6 is 11.8 Å². The lowest BCUT2D eigenvalue weighted by atomic mass is 10.1. The van der Waals surface area contributed by atoms with Crippen molar-refractivity contribution in [3.63, 3.8) is 0 Å². The number of rotatable bonds is 6. The molecule has 0 spiro atoms. The van der Waals surface area contributed by atoms with Crippen LogP contribution in [0, 0.1) is 0 Å². The quantitative estimate of drug-likeness (QED) is 0.620. The van der Waals surface area contributed by atoms with Gasteiger partial charge < -0.3 is 14.6 Å². The van der Waals surface area contributed by atoms with E-state index in [0.29, 0.717) is 11.8 Å². The zero-order valence-corrected chi connectivity index (χ0v) is 16.2. The van der Waals surface area contributed by atoms with Crippen LogP contribution < -0.4 is 10.1 Å². The SMILES string of the molecule is COc1ccccc1-c1nnc(SCC(=O)NC2CCCCCC2)n1C. The highest BCUT2D eigenvalue weighted by Crippen LogP contribution is 2.30. The van der Waals surface area contributed by atoms with E-state index in [9.17, 15) is 4.79 Å². The maximum absolute atomic E-state index is 12.3. The van der Waals surface area contributed by atoms with Crippen molar-refractivity contribution >= 4 is 17.7 Å². The number of hydrogen-bond donors (Lipinski definition) is 1. The minimum absolute atomic E-state index is 0.0729. The zero-order chi connectivity index (χ0) is 18.4. The van der Waals surface area contributed by atoms with Gasteiger partial charge >= 0.3 is 0 Å². The normalized spacial score (nSPS) is 15.5. The summed E-state index contributed by atoms with van der Waals surface area (Å²) in [5.74, 6) is 1.91. The molecule has 6 nitrogen and oxygen atoms in total. The molecule has 0 unspecified atom stereocenters. The number of para-hydroxylation sites is 1. The van der Waals surface area contributed by atoms with Crippen molar-refractivity contribution in [1.82, 2.24) is 20.1 Å². The summed E-state index contributed by atoms with van der Waals surface area (Å²) in [6, 6.07) is 8.05. The molecular formula is C19H26N4O2S. The van der Waals surface area contributed by atoms with Gasteiger partial charge in [0.2, 0.25) is 5.91 Å². The van der Waals surface area contributed by atoms with E-state index in [-0.39, 0.29) is 5.91 Å². The molecule has 1 N–H and O–H groups in total. The summed E-state index contributed by atoms with van der Waals surface area (Å²) in [6.45, 7) is 0. The smallest absolute Gasteiger partial charge is 0.230 e. The molecular weight excluding hydrogens is 348 g/mol. The van der Waals surface area contributed by atoms with Crippen molar-refractivity contribution in [2.24, 2.45) is 7.05 Å². The summed E-state index contributed by atoms with van der Waals surface area (Å²) in [7, 11) is 3.55. The first kappa shape index (κ1) is 18.8. The second-order valence-corrected chi connectivity index (χ2v) is 7.55. The molecule has 1 aliphatic rings. The van der Waals surface area contributed by atoms with E-state index in [1.165, 1.54) is 37.4 Å². The third-order valence-electron chi connectivity index (χ3n) is 4.74. The molecule has 1 aromatic heterocycles. The van der Waals surface area contributed by atoms with E-state index in [1.807, 2.05) is 35.9 Å². The second-order valence-electron chi connectivity index (χ2n) is 6.61. The van der Waals surface area contributed by atoms with Gasteiger partial charge in [-0.15, -0.1) is 10.2 Å². The van der Waals surface area contributed by atoms with E-state index >= 15 is 0 Å². The lowest BCUT2D eigenvalue weighted by molar-refractivity contribution is -0.119. The second kappa shape index (κ2) is 9.07. The molecule has 0 aliphatic heterocycles. The molecule has 1 heterocycles. The van der Waals surface area contributed by atoms with Crippen LogP contribution in [0.15, 0.2) is 29.4 Å². The molecule has 2 aromatic rings. The van der Waals surface area contributed by atoms with Crippen LogP contribution in [0.2, 0.25) is 0 Å². The van der Waals surface area contributed by atoms with Crippen LogP contribution in [0.4, 0.5) is 0 Å². The third-order valence-corrected chi connectivity index (χ3v) is 5.76. The monoisotopic (exact) mass is 374 g/mol. The van der Waals surface area contributed by atoms with E-state index < -0.39 is 0 Å². The molecule has 0 saturated heterocycles. The van der Waals surface area contributed by atoms with Crippen molar-refractivity contribution < 1.29 is 9.53 Å². The Morgan fingerprint density at radius 3 is 2.69 bits per heavy atom. The number of nitrogens with one attached hydrogen (secondary N) is 1. The Balaban J connectivity index is 1.60. The van der Waals surface area contributed by atoms with Crippen molar-refractivity contribution in [2.45, 2.75) is 49.7 Å². The molecule has 1 aromatic carbocycles. The third kappa shape index (κ3) is 4.58. The van der Waals surface area contributed by atoms with Crippen LogP contribution in [0.3, 0.4) is 0 Å². The number of thioether (sulfide) groups is 1. The van der Waals surface area contributed by atoms with Gasteiger partial charge in [0.05, 0.1) is 18.4 Å². The van der Waals surface area contributed by atoms with Gasteiger partial charge in [-0.1, -0.05) is 49.6 Å². The van der Waals surface area contributed by atoms with Gasteiger partial charge in [0.25, 0.3) is 0 Å². The molecule has 1 aliphatic carbocycles. The van der Waals surface area contributed by atoms with Gasteiger partial charge in [-0.25, -0.2) is 0 Å². The van der Waals surface area contributed by atoms with Gasteiger partial charge in [0.1, 0.15) is 5.75 Å². The highest BCUT2D eigenvalue weighted by Gasteiger charge is 2.18. The number of hydrogen-bond acceptors (Lipinski definition) is 5. The van der Waals surface area contributed by atoms with Crippen molar-refractivity contribution in [3.8, 4) is 17.1 Å². The van der Waals surface area contributed by atoms with Crippen LogP contribution in [0.25, 0.3) is 11.4 Å². The maximum Gasteiger partial charge on any atom is 0.230 e. The lowest BCUT2D eigenvalue weighted by Gasteiger charge is -2.15. The van der Waals surface area contributed by atoms with Crippen molar-refractivity contribution in [1.29, 1.82) is 0 Å². The predicted molar refractivity (Wildman–Crippen MR) is 103 cm³/mol. The Hall–Kier alpha value is -2.02. The Bertz CT molecular complexity index is 739. The fourth-order valence-electron chi connectivity index (χ4n) is 3.33. The minimum Gasteiger partial charge on any atom is -0.496 e. The summed E-state index contributed by atoms with van der Waals surface area (Å²) in [6.07, 6.45) is 7.18. The molecule has 140 valence electrons. The van der Waals surface area contributed by atoms with E-state index in [0.717, 1.165) is 35.1 Å². The van der Waals surface area contributed by atoms with Gasteiger partial charge in [-0.3, -0.25) is 4.79 Å². The van der Waals surface area contributed by atoms with Crippen LogP contribution in [-0.4, -0.2) is 39.6 Å². The standard InChI is InChI=1S/C19H26N4O2S/c1-23-18(15-11-7-8-12-16(15)25-2)21-22-19(23)26-13-17(24)20-14-9-5-3-4-6-10-14/h7-8,11-12,14H,3-6,9-10,13H2,1-2H3,(H,20,24). The Morgan fingerprint density at radius 2 is 1.96 bits per heavy atom. The lowest BCUT2D eigenvalue weighted by Crippen LogP contribution is -2.35. The van der Waals surface area contributed by atoms with Gasteiger partial charge in [-0.2, -0.15) is 0 Å². The van der Waals surface area contributed by atoms with Crippen LogP contribution in [0.5, 0.6) is 5.75 Å². The molecule has 3 rings (SSSR count). The van der Waals surface area contributed by atoms with Gasteiger partial charge in [-0.05, 0) is 25.0 Å². The first-order chi connectivity index (χ1) is 12.7. The largest absolute Gasteiger partial charge is 0.496 e. The van der Waals surface area contributed by atoms with Crippen molar-refractivity contribution in [3.05, 3.63) is 24.3 Å². The molecule has 1 fully saturated rings. The molecule has 1 amide bonds. The summed E-state index contributed by atoms with van der Waals surface area (Å²) >= 11 is 1.41. The molecule has 0 radical (unpaired) electrons. The molecule has 0 bridgehead atoms. The summed E-state index contributed by atoms with van der Waals surface area (Å²) in [5, 5.41) is 12.4. The number of carbonyl (C=O) groups excluding carboxylic acids is 1. The van der Waals surface area contributed by atoms with Gasteiger partial charge in [0, 0.05) is 13.1 Å². The average molecular weight is 375 g/mol. The summed E-state index contributed by atoms with van der Waals surface area (Å²) < 4.78 is 7.31. The number of carbonyl (C=O) groups is 1. The highest BCUT2D eigenvalue weighted by molar-refractivity contribution is 7.99. The van der Waals surface area contributed by atoms with Gasteiger partial charge in [0.15, 0.2) is 11.0 Å². The van der Waals surface area contributed by atoms with E-state index in [4.69, 9.17) is 4.74 Å². The zero-order valence-electron chi connectivity index (χ0n) is 15.4. The van der Waals surface area contributed by atoms with Crippen LogP contribution in [-0.2, 0) is 11.8 Å². The fraction of sp³-hybridized carbons (Fsp3) is 0.526. The first-order valence-electron chi connectivity index (χ1n) is 9.14. The topological polar surface area (TPSA) is 69.0 Å². The van der Waals surface area contributed by atoms with Crippen molar-refractivity contribution in [2.75, 3.05) is 12.9 Å². The highest BCUT2D eigenvalue weighted by atomic mass is 32.2. The van der Waals surface area contributed by atoms with E-state index in [2.05, 4.69) is 15.5 Å². The minimum atomic E-state index is 0.0729. The van der Waals surface area contributed by atoms with E-state index in [1.54, 1.807) is 7.11 Å². The average Bonchev–Trinajstić information content (AvgIpc) is 2.84. The predicted octanol–water partition coefficient (Wildman–Crippen LogP) is 3.42. The summed E-state index contributed by atoms with van der Waals surface area (Å²) in [5.41, 5.74) is 0.889. The Morgan fingerprint density at radius 1 is 1.23 bits per heavy atom. The number of nitrogens with zero attached hydrogens (tertiary/aromatic N) is 3. The fourth-order valence-corrected chi connectivity index (χ4v) is 4.05. The maximum atomic E-state index is 12.3.